The van der Waals surface area contributed by atoms with E-state index in [1.807, 2.05) is 23.3 Å². The van der Waals surface area contributed by atoms with Gasteiger partial charge in [0.05, 0.1) is 21.7 Å². The first-order valence-electron chi connectivity index (χ1n) is 7.24. The Morgan fingerprint density at radius 2 is 2.00 bits per heavy atom. The van der Waals surface area contributed by atoms with Gasteiger partial charge in [-0.2, -0.15) is 5.10 Å². The molecular weight excluding hydrogens is 377 g/mol. The standard InChI is InChI=1S/C15H22IN5/c1-10(2)5-17-7-13-14(21-9-12(16)6-19-21)8-18-15(20-13)11(3)4/h6,8-11,17H,5,7H2,1-4H3. The highest BCUT2D eigenvalue weighted by Gasteiger charge is 2.12. The molecule has 0 saturated heterocycles. The molecule has 0 saturated carbocycles. The van der Waals surface area contributed by atoms with Crippen LogP contribution < -0.4 is 5.32 Å². The fraction of sp³-hybridized carbons (Fsp3) is 0.533. The lowest BCUT2D eigenvalue weighted by Gasteiger charge is -2.13. The van der Waals surface area contributed by atoms with Crippen molar-refractivity contribution in [3.63, 3.8) is 0 Å². The molecule has 0 spiro atoms. The monoisotopic (exact) mass is 399 g/mol. The first-order valence-corrected chi connectivity index (χ1v) is 8.32. The van der Waals surface area contributed by atoms with Gasteiger partial charge in [0.15, 0.2) is 0 Å². The highest BCUT2D eigenvalue weighted by molar-refractivity contribution is 14.1. The molecule has 2 heterocycles. The third-order valence-electron chi connectivity index (χ3n) is 3.02. The second kappa shape index (κ2) is 7.31. The van der Waals surface area contributed by atoms with Crippen molar-refractivity contribution in [2.45, 2.75) is 40.2 Å². The lowest BCUT2D eigenvalue weighted by molar-refractivity contribution is 0.544. The van der Waals surface area contributed by atoms with E-state index in [4.69, 9.17) is 4.98 Å². The second-order valence-electron chi connectivity index (χ2n) is 5.84. The summed E-state index contributed by atoms with van der Waals surface area (Å²) in [5.74, 6) is 1.81. The molecule has 0 aliphatic rings. The van der Waals surface area contributed by atoms with Crippen LogP contribution in [0.15, 0.2) is 18.6 Å². The van der Waals surface area contributed by atoms with Crippen molar-refractivity contribution in [1.82, 2.24) is 25.1 Å². The van der Waals surface area contributed by atoms with Crippen LogP contribution >= 0.6 is 22.6 Å². The van der Waals surface area contributed by atoms with Crippen LogP contribution in [-0.2, 0) is 6.54 Å². The molecule has 0 aromatic carbocycles. The number of hydrogen-bond donors (Lipinski definition) is 1. The van der Waals surface area contributed by atoms with Gasteiger partial charge in [-0.3, -0.25) is 0 Å². The molecule has 0 fully saturated rings. The van der Waals surface area contributed by atoms with Crippen molar-refractivity contribution >= 4 is 22.6 Å². The van der Waals surface area contributed by atoms with Crippen LogP contribution in [0, 0.1) is 9.49 Å². The van der Waals surface area contributed by atoms with Gasteiger partial charge in [0.25, 0.3) is 0 Å². The molecular formula is C15H22IN5. The van der Waals surface area contributed by atoms with Crippen LogP contribution in [0.2, 0.25) is 0 Å². The Balaban J connectivity index is 2.29. The minimum absolute atomic E-state index is 0.320. The van der Waals surface area contributed by atoms with E-state index < -0.39 is 0 Å². The molecule has 0 unspecified atom stereocenters. The number of rotatable bonds is 6. The van der Waals surface area contributed by atoms with Gasteiger partial charge >= 0.3 is 0 Å². The van der Waals surface area contributed by atoms with Crippen LogP contribution in [0.5, 0.6) is 0 Å². The Morgan fingerprint density at radius 1 is 1.24 bits per heavy atom. The van der Waals surface area contributed by atoms with Crippen LogP contribution in [0.3, 0.4) is 0 Å². The van der Waals surface area contributed by atoms with Gasteiger partial charge in [-0.1, -0.05) is 27.7 Å². The quantitative estimate of drug-likeness (QED) is 0.759. The molecule has 2 rings (SSSR count). The predicted molar refractivity (Wildman–Crippen MR) is 92.5 cm³/mol. The van der Waals surface area contributed by atoms with Crippen molar-refractivity contribution < 1.29 is 0 Å². The Hall–Kier alpha value is -1.02. The van der Waals surface area contributed by atoms with Gasteiger partial charge in [0.2, 0.25) is 0 Å². The summed E-state index contributed by atoms with van der Waals surface area (Å²) in [4.78, 5) is 9.18. The van der Waals surface area contributed by atoms with Gasteiger partial charge in [-0.05, 0) is 35.1 Å². The maximum absolute atomic E-state index is 4.72. The van der Waals surface area contributed by atoms with Crippen molar-refractivity contribution in [2.24, 2.45) is 5.92 Å². The first kappa shape index (κ1) is 16.4. The number of halogens is 1. The predicted octanol–water partition coefficient (Wildman–Crippen LogP) is 3.14. The molecule has 0 radical (unpaired) electrons. The zero-order chi connectivity index (χ0) is 15.4. The average Bonchev–Trinajstić information content (AvgIpc) is 2.84. The van der Waals surface area contributed by atoms with E-state index in [9.17, 15) is 0 Å². The Labute approximate surface area is 139 Å². The fourth-order valence-electron chi connectivity index (χ4n) is 1.94. The lowest BCUT2D eigenvalue weighted by Crippen LogP contribution is -2.21. The molecule has 5 nitrogen and oxygen atoms in total. The summed E-state index contributed by atoms with van der Waals surface area (Å²) >= 11 is 2.25. The van der Waals surface area contributed by atoms with E-state index >= 15 is 0 Å². The van der Waals surface area contributed by atoms with E-state index in [0.29, 0.717) is 11.8 Å². The molecule has 114 valence electrons. The number of aromatic nitrogens is 4. The number of hydrogen-bond acceptors (Lipinski definition) is 4. The minimum Gasteiger partial charge on any atom is -0.311 e. The molecule has 0 aliphatic carbocycles. The van der Waals surface area contributed by atoms with Crippen molar-refractivity contribution in [2.75, 3.05) is 6.54 Å². The van der Waals surface area contributed by atoms with Crippen molar-refractivity contribution in [3.8, 4) is 5.69 Å². The molecule has 21 heavy (non-hydrogen) atoms. The summed E-state index contributed by atoms with van der Waals surface area (Å²) in [5, 5.41) is 7.82. The summed E-state index contributed by atoms with van der Waals surface area (Å²) in [6.07, 6.45) is 5.69. The van der Waals surface area contributed by atoms with Crippen molar-refractivity contribution in [1.29, 1.82) is 0 Å². The first-order chi connectivity index (χ1) is 9.97. The summed E-state index contributed by atoms with van der Waals surface area (Å²) in [5.41, 5.74) is 1.94. The minimum atomic E-state index is 0.320. The third kappa shape index (κ3) is 4.47. The Morgan fingerprint density at radius 3 is 2.57 bits per heavy atom. The molecule has 0 atom stereocenters. The fourth-order valence-corrected chi connectivity index (χ4v) is 2.33. The van der Waals surface area contributed by atoms with Gasteiger partial charge in [0.1, 0.15) is 11.5 Å². The normalized spacial score (nSPS) is 11.6. The summed E-state index contributed by atoms with van der Waals surface area (Å²) in [6.45, 7) is 10.3. The van der Waals surface area contributed by atoms with Crippen LogP contribution in [0.4, 0.5) is 0 Å². The van der Waals surface area contributed by atoms with E-state index in [1.54, 1.807) is 0 Å². The molecule has 2 aromatic heterocycles. The topological polar surface area (TPSA) is 55.6 Å². The molecule has 0 aliphatic heterocycles. The summed E-state index contributed by atoms with van der Waals surface area (Å²) < 4.78 is 2.94. The molecule has 0 bridgehead atoms. The summed E-state index contributed by atoms with van der Waals surface area (Å²) in [6, 6.07) is 0. The summed E-state index contributed by atoms with van der Waals surface area (Å²) in [7, 11) is 0. The van der Waals surface area contributed by atoms with E-state index in [0.717, 1.165) is 33.9 Å². The van der Waals surface area contributed by atoms with Gasteiger partial charge in [0, 0.05) is 18.7 Å². The highest BCUT2D eigenvalue weighted by atomic mass is 127. The van der Waals surface area contributed by atoms with Crippen LogP contribution in [-0.4, -0.2) is 26.3 Å². The Kier molecular flexibility index (Phi) is 5.69. The maximum atomic E-state index is 4.72. The second-order valence-corrected chi connectivity index (χ2v) is 7.09. The third-order valence-corrected chi connectivity index (χ3v) is 3.58. The maximum Gasteiger partial charge on any atom is 0.131 e. The lowest BCUT2D eigenvalue weighted by atomic mass is 10.2. The van der Waals surface area contributed by atoms with E-state index in [2.05, 4.69) is 65.7 Å². The van der Waals surface area contributed by atoms with Crippen LogP contribution in [0.25, 0.3) is 5.69 Å². The van der Waals surface area contributed by atoms with Gasteiger partial charge in [-0.25, -0.2) is 14.6 Å². The number of nitrogens with one attached hydrogen (secondary N) is 1. The Bertz CT molecular complexity index is 591. The number of nitrogens with zero attached hydrogens (tertiary/aromatic N) is 4. The van der Waals surface area contributed by atoms with Crippen LogP contribution in [0.1, 0.15) is 45.1 Å². The van der Waals surface area contributed by atoms with Crippen molar-refractivity contribution in [3.05, 3.63) is 33.7 Å². The molecule has 1 N–H and O–H groups in total. The van der Waals surface area contributed by atoms with E-state index in [-0.39, 0.29) is 0 Å². The average molecular weight is 399 g/mol. The molecule has 6 heteroatoms. The highest BCUT2D eigenvalue weighted by Crippen LogP contribution is 2.16. The molecule has 0 amide bonds. The molecule has 2 aromatic rings. The van der Waals surface area contributed by atoms with Gasteiger partial charge < -0.3 is 5.32 Å². The smallest absolute Gasteiger partial charge is 0.131 e. The largest absolute Gasteiger partial charge is 0.311 e. The SMILES string of the molecule is CC(C)CNCc1nc(C(C)C)ncc1-n1cc(I)cn1. The van der Waals surface area contributed by atoms with Gasteiger partial charge in [-0.15, -0.1) is 0 Å². The van der Waals surface area contributed by atoms with E-state index in [1.165, 1.54) is 0 Å². The zero-order valence-electron chi connectivity index (χ0n) is 13.0. The zero-order valence-corrected chi connectivity index (χ0v) is 15.1.